The average Bonchev–Trinajstić information content (AvgIpc) is 2.89. The van der Waals surface area contributed by atoms with E-state index in [-0.39, 0.29) is 12.1 Å². The maximum absolute atomic E-state index is 8.84. The van der Waals surface area contributed by atoms with Gasteiger partial charge in [-0.2, -0.15) is 5.26 Å². The van der Waals surface area contributed by atoms with Crippen LogP contribution in [0.1, 0.15) is 24.4 Å². The molecule has 2 rings (SSSR count). The molecule has 0 bridgehead atoms. The van der Waals surface area contributed by atoms with Gasteiger partial charge in [-0.3, -0.25) is 0 Å². The van der Waals surface area contributed by atoms with Crippen molar-refractivity contribution in [1.82, 2.24) is 0 Å². The molecule has 0 aliphatic heterocycles. The summed E-state index contributed by atoms with van der Waals surface area (Å²) in [7, 11) is 0. The Balaban J connectivity index is 2.22. The molecule has 0 fully saturated rings. The average molecular weight is 242 g/mol. The van der Waals surface area contributed by atoms with E-state index < -0.39 is 0 Å². The highest BCUT2D eigenvalue weighted by Gasteiger charge is 2.21. The van der Waals surface area contributed by atoms with E-state index in [1.165, 1.54) is 0 Å². The van der Waals surface area contributed by atoms with Gasteiger partial charge in [0.25, 0.3) is 0 Å². The lowest BCUT2D eigenvalue weighted by Crippen LogP contribution is -2.28. The predicted molar refractivity (Wildman–Crippen MR) is 66.9 cm³/mol. The van der Waals surface area contributed by atoms with Crippen molar-refractivity contribution in [2.45, 2.75) is 19.1 Å². The monoisotopic (exact) mass is 242 g/mol. The van der Waals surface area contributed by atoms with Gasteiger partial charge >= 0.3 is 0 Å². The fourth-order valence-electron chi connectivity index (χ4n) is 1.66. The zero-order valence-electron chi connectivity index (χ0n) is 10.0. The Hall–Kier alpha value is -2.25. The van der Waals surface area contributed by atoms with Crippen molar-refractivity contribution in [2.75, 3.05) is 0 Å². The molecule has 2 atom stereocenters. The first-order chi connectivity index (χ1) is 8.70. The van der Waals surface area contributed by atoms with Gasteiger partial charge in [0.2, 0.25) is 0 Å². The Bertz CT molecular complexity index is 541. The van der Waals surface area contributed by atoms with E-state index in [9.17, 15) is 0 Å². The third kappa shape index (κ3) is 2.70. The van der Waals surface area contributed by atoms with Crippen molar-refractivity contribution >= 4 is 0 Å². The van der Waals surface area contributed by atoms with E-state index in [1.54, 1.807) is 36.6 Å². The number of nitrogens with two attached hydrogens (primary N) is 1. The van der Waals surface area contributed by atoms with E-state index in [1.807, 2.05) is 13.0 Å². The maximum atomic E-state index is 8.84. The molecule has 4 nitrogen and oxygen atoms in total. The van der Waals surface area contributed by atoms with Crippen LogP contribution in [0.2, 0.25) is 0 Å². The number of benzene rings is 1. The van der Waals surface area contributed by atoms with Gasteiger partial charge in [-0.05, 0) is 37.3 Å². The number of hydrogen-bond donors (Lipinski definition) is 1. The van der Waals surface area contributed by atoms with Gasteiger partial charge in [-0.1, -0.05) is 6.07 Å². The third-order valence-electron chi connectivity index (χ3n) is 2.53. The second kappa shape index (κ2) is 5.39. The molecule has 1 aromatic heterocycles. The molecule has 2 aromatic rings. The normalized spacial score (nSPS) is 13.6. The highest BCUT2D eigenvalue weighted by atomic mass is 16.5. The number of rotatable bonds is 4. The lowest BCUT2D eigenvalue weighted by Gasteiger charge is -2.20. The molecule has 0 saturated carbocycles. The fraction of sp³-hybridized carbons (Fsp3) is 0.214. The molecule has 0 aliphatic rings. The van der Waals surface area contributed by atoms with Crippen molar-refractivity contribution in [3.8, 4) is 11.8 Å². The van der Waals surface area contributed by atoms with Crippen LogP contribution in [0.3, 0.4) is 0 Å². The summed E-state index contributed by atoms with van der Waals surface area (Å²) in [6.07, 6.45) is 1.22. The van der Waals surface area contributed by atoms with Gasteiger partial charge in [-0.25, -0.2) is 0 Å². The largest absolute Gasteiger partial charge is 0.481 e. The zero-order chi connectivity index (χ0) is 13.0. The van der Waals surface area contributed by atoms with Crippen molar-refractivity contribution in [2.24, 2.45) is 5.73 Å². The molecule has 1 aromatic carbocycles. The molecule has 0 radical (unpaired) electrons. The molecule has 2 unspecified atom stereocenters. The quantitative estimate of drug-likeness (QED) is 0.894. The Morgan fingerprint density at radius 2 is 2.17 bits per heavy atom. The molecule has 92 valence electrons. The minimum atomic E-state index is -0.367. The molecule has 0 aliphatic carbocycles. The topological polar surface area (TPSA) is 72.2 Å². The highest BCUT2D eigenvalue weighted by molar-refractivity contribution is 5.36. The highest BCUT2D eigenvalue weighted by Crippen LogP contribution is 2.25. The van der Waals surface area contributed by atoms with Crippen molar-refractivity contribution in [3.05, 3.63) is 54.0 Å². The van der Waals surface area contributed by atoms with Gasteiger partial charge in [0, 0.05) is 6.04 Å². The van der Waals surface area contributed by atoms with Crippen molar-refractivity contribution in [3.63, 3.8) is 0 Å². The Morgan fingerprint density at radius 3 is 2.78 bits per heavy atom. The van der Waals surface area contributed by atoms with E-state index in [0.717, 1.165) is 0 Å². The number of furan rings is 1. The summed E-state index contributed by atoms with van der Waals surface area (Å²) in [5, 5.41) is 8.84. The van der Waals surface area contributed by atoms with E-state index in [4.69, 9.17) is 20.1 Å². The van der Waals surface area contributed by atoms with Crippen LogP contribution in [-0.4, -0.2) is 6.04 Å². The Morgan fingerprint density at radius 1 is 1.33 bits per heavy atom. The second-order valence-corrected chi connectivity index (χ2v) is 4.05. The van der Waals surface area contributed by atoms with Crippen LogP contribution in [0.4, 0.5) is 0 Å². The third-order valence-corrected chi connectivity index (χ3v) is 2.53. The molecule has 0 spiro atoms. The molecular formula is C14H14N2O2. The summed E-state index contributed by atoms with van der Waals surface area (Å²) in [6, 6.07) is 12.4. The zero-order valence-corrected chi connectivity index (χ0v) is 10.0. The van der Waals surface area contributed by atoms with E-state index in [2.05, 4.69) is 6.07 Å². The summed E-state index contributed by atoms with van der Waals surface area (Å²) in [5.74, 6) is 1.28. The number of ether oxygens (including phenoxy) is 1. The van der Waals surface area contributed by atoms with Gasteiger partial charge in [0.15, 0.2) is 6.10 Å². The van der Waals surface area contributed by atoms with Crippen LogP contribution in [-0.2, 0) is 0 Å². The molecule has 2 N–H and O–H groups in total. The summed E-state index contributed by atoms with van der Waals surface area (Å²) < 4.78 is 11.1. The van der Waals surface area contributed by atoms with Crippen molar-refractivity contribution in [1.29, 1.82) is 5.26 Å². The summed E-state index contributed by atoms with van der Waals surface area (Å²) in [6.45, 7) is 1.85. The first kappa shape index (κ1) is 12.2. The SMILES string of the molecule is CC(N)C(Oc1cccc(C#N)c1)c1ccco1. The van der Waals surface area contributed by atoms with Crippen LogP contribution in [0.5, 0.6) is 5.75 Å². The van der Waals surface area contributed by atoms with Crippen LogP contribution in [0.25, 0.3) is 0 Å². The molecule has 0 amide bonds. The van der Waals surface area contributed by atoms with Crippen LogP contribution >= 0.6 is 0 Å². The van der Waals surface area contributed by atoms with E-state index in [0.29, 0.717) is 17.1 Å². The number of nitriles is 1. The Labute approximate surface area is 106 Å². The maximum Gasteiger partial charge on any atom is 0.171 e. The number of hydrogen-bond acceptors (Lipinski definition) is 4. The van der Waals surface area contributed by atoms with Crippen LogP contribution < -0.4 is 10.5 Å². The predicted octanol–water partition coefficient (Wildman–Crippen LogP) is 2.62. The minimum Gasteiger partial charge on any atom is -0.481 e. The van der Waals surface area contributed by atoms with Crippen LogP contribution in [0, 0.1) is 11.3 Å². The lowest BCUT2D eigenvalue weighted by atomic mass is 10.1. The smallest absolute Gasteiger partial charge is 0.171 e. The van der Waals surface area contributed by atoms with Crippen LogP contribution in [0.15, 0.2) is 47.1 Å². The van der Waals surface area contributed by atoms with Gasteiger partial charge < -0.3 is 14.9 Å². The molecule has 4 heteroatoms. The van der Waals surface area contributed by atoms with Gasteiger partial charge in [0.05, 0.1) is 17.9 Å². The summed E-state index contributed by atoms with van der Waals surface area (Å²) in [5.41, 5.74) is 6.45. The molecule has 0 saturated heterocycles. The first-order valence-corrected chi connectivity index (χ1v) is 5.66. The molecular weight excluding hydrogens is 228 g/mol. The standard InChI is InChI=1S/C14H14N2O2/c1-10(16)14(13-6-3-7-17-13)18-12-5-2-4-11(8-12)9-15/h2-8,10,14H,16H2,1H3. The minimum absolute atomic E-state index is 0.220. The molecule has 18 heavy (non-hydrogen) atoms. The number of nitrogens with zero attached hydrogens (tertiary/aromatic N) is 1. The molecule has 1 heterocycles. The fourth-order valence-corrected chi connectivity index (χ4v) is 1.66. The van der Waals surface area contributed by atoms with Gasteiger partial charge in [0.1, 0.15) is 11.5 Å². The first-order valence-electron chi connectivity index (χ1n) is 5.66. The second-order valence-electron chi connectivity index (χ2n) is 4.05. The summed E-state index contributed by atoms with van der Waals surface area (Å²) in [4.78, 5) is 0. The van der Waals surface area contributed by atoms with E-state index >= 15 is 0 Å². The van der Waals surface area contributed by atoms with Crippen molar-refractivity contribution < 1.29 is 9.15 Å². The lowest BCUT2D eigenvalue weighted by molar-refractivity contribution is 0.153. The van der Waals surface area contributed by atoms with Gasteiger partial charge in [-0.15, -0.1) is 0 Å². The Kier molecular flexibility index (Phi) is 3.66. The summed E-state index contributed by atoms with van der Waals surface area (Å²) >= 11 is 0.